The van der Waals surface area contributed by atoms with Gasteiger partial charge in [0, 0.05) is 29.8 Å². The van der Waals surface area contributed by atoms with Gasteiger partial charge in [-0.2, -0.15) is 0 Å². The highest BCUT2D eigenvalue weighted by molar-refractivity contribution is 6.31. The van der Waals surface area contributed by atoms with Gasteiger partial charge in [-0.25, -0.2) is 0 Å². The Morgan fingerprint density at radius 3 is 2.80 bits per heavy atom. The van der Waals surface area contributed by atoms with Crippen LogP contribution in [0.2, 0.25) is 5.02 Å². The number of hydrogen-bond donors (Lipinski definition) is 2. The molecule has 0 aromatic heterocycles. The summed E-state index contributed by atoms with van der Waals surface area (Å²) in [6.45, 7) is 4.27. The summed E-state index contributed by atoms with van der Waals surface area (Å²) in [5.74, 6) is 0.537. The van der Waals surface area contributed by atoms with Gasteiger partial charge in [0.25, 0.3) is 0 Å². The minimum Gasteiger partial charge on any atom is -0.394 e. The van der Waals surface area contributed by atoms with E-state index in [1.165, 1.54) is 12.8 Å². The van der Waals surface area contributed by atoms with Crippen molar-refractivity contribution < 1.29 is 5.11 Å². The fourth-order valence-corrected chi connectivity index (χ4v) is 3.25. The van der Waals surface area contributed by atoms with E-state index >= 15 is 0 Å². The SMILES string of the molecule is CC1CCN(c2ccc(CNC3CC3)c(Cl)c2)C1CO. The lowest BCUT2D eigenvalue weighted by Crippen LogP contribution is -2.35. The molecule has 1 aliphatic carbocycles. The number of aliphatic hydroxyl groups is 1. The van der Waals surface area contributed by atoms with Gasteiger partial charge < -0.3 is 15.3 Å². The standard InChI is InChI=1S/C16H23ClN2O/c1-11-6-7-19(16(11)10-20)14-5-2-12(15(17)8-14)9-18-13-3-4-13/h2,5,8,11,13,16,18,20H,3-4,6-7,9-10H2,1H3. The summed E-state index contributed by atoms with van der Waals surface area (Å²) in [5.41, 5.74) is 2.30. The second-order valence-electron chi connectivity index (χ2n) is 6.14. The second kappa shape index (κ2) is 5.92. The van der Waals surface area contributed by atoms with Crippen molar-refractivity contribution in [1.29, 1.82) is 0 Å². The lowest BCUT2D eigenvalue weighted by molar-refractivity contribution is 0.245. The minimum atomic E-state index is 0.212. The molecule has 0 radical (unpaired) electrons. The first kappa shape index (κ1) is 14.2. The van der Waals surface area contributed by atoms with Crippen LogP contribution in [-0.2, 0) is 6.54 Å². The van der Waals surface area contributed by atoms with Crippen LogP contribution in [0, 0.1) is 5.92 Å². The van der Waals surface area contributed by atoms with E-state index in [-0.39, 0.29) is 12.6 Å². The van der Waals surface area contributed by atoms with Gasteiger partial charge in [0.2, 0.25) is 0 Å². The molecule has 2 N–H and O–H groups in total. The van der Waals surface area contributed by atoms with E-state index in [9.17, 15) is 5.11 Å². The van der Waals surface area contributed by atoms with Crippen LogP contribution in [0.15, 0.2) is 18.2 Å². The summed E-state index contributed by atoms with van der Waals surface area (Å²) in [5, 5.41) is 13.9. The average molecular weight is 295 g/mol. The maximum atomic E-state index is 9.56. The van der Waals surface area contributed by atoms with Crippen LogP contribution in [-0.4, -0.2) is 30.3 Å². The van der Waals surface area contributed by atoms with E-state index in [1.54, 1.807) is 0 Å². The quantitative estimate of drug-likeness (QED) is 0.876. The lowest BCUT2D eigenvalue weighted by Gasteiger charge is -2.27. The molecule has 1 saturated carbocycles. The van der Waals surface area contributed by atoms with E-state index in [1.807, 2.05) is 6.07 Å². The Bertz CT molecular complexity index is 476. The molecule has 1 aliphatic heterocycles. The van der Waals surface area contributed by atoms with Gasteiger partial charge in [-0.05, 0) is 42.9 Å². The highest BCUT2D eigenvalue weighted by atomic mass is 35.5. The molecular formula is C16H23ClN2O. The fraction of sp³-hybridized carbons (Fsp3) is 0.625. The Kier molecular flexibility index (Phi) is 4.20. The number of nitrogens with one attached hydrogen (secondary N) is 1. The first-order valence-corrected chi connectivity index (χ1v) is 7.96. The predicted octanol–water partition coefficient (Wildman–Crippen LogP) is 2.80. The number of benzene rings is 1. The van der Waals surface area contributed by atoms with E-state index in [2.05, 4.69) is 29.3 Å². The molecule has 1 aromatic carbocycles. The molecule has 3 rings (SSSR count). The Labute approximate surface area is 125 Å². The number of rotatable bonds is 5. The van der Waals surface area contributed by atoms with Crippen LogP contribution in [0.5, 0.6) is 0 Å². The third kappa shape index (κ3) is 2.95. The zero-order valence-electron chi connectivity index (χ0n) is 12.0. The number of hydrogen-bond acceptors (Lipinski definition) is 3. The Balaban J connectivity index is 1.72. The first-order valence-electron chi connectivity index (χ1n) is 7.58. The third-order valence-electron chi connectivity index (χ3n) is 4.60. The van der Waals surface area contributed by atoms with E-state index < -0.39 is 0 Å². The van der Waals surface area contributed by atoms with Gasteiger partial charge in [0.05, 0.1) is 12.6 Å². The summed E-state index contributed by atoms with van der Waals surface area (Å²) < 4.78 is 0. The van der Waals surface area contributed by atoms with Crippen LogP contribution < -0.4 is 10.2 Å². The molecular weight excluding hydrogens is 272 g/mol. The van der Waals surface area contributed by atoms with E-state index in [0.29, 0.717) is 12.0 Å². The number of anilines is 1. The third-order valence-corrected chi connectivity index (χ3v) is 4.95. The van der Waals surface area contributed by atoms with Crippen molar-refractivity contribution in [2.24, 2.45) is 5.92 Å². The number of nitrogens with zero attached hydrogens (tertiary/aromatic N) is 1. The normalized spacial score (nSPS) is 26.2. The zero-order valence-corrected chi connectivity index (χ0v) is 12.7. The molecule has 20 heavy (non-hydrogen) atoms. The van der Waals surface area contributed by atoms with Crippen LogP contribution in [0.3, 0.4) is 0 Å². The molecule has 2 unspecified atom stereocenters. The van der Waals surface area contributed by atoms with E-state index in [0.717, 1.165) is 35.8 Å². The molecule has 2 fully saturated rings. The molecule has 2 atom stereocenters. The van der Waals surface area contributed by atoms with Crippen LogP contribution >= 0.6 is 11.6 Å². The van der Waals surface area contributed by atoms with Gasteiger partial charge in [-0.1, -0.05) is 24.6 Å². The summed E-state index contributed by atoms with van der Waals surface area (Å²) in [6.07, 6.45) is 3.72. The van der Waals surface area contributed by atoms with Crippen LogP contribution in [0.1, 0.15) is 31.7 Å². The van der Waals surface area contributed by atoms with Crippen molar-refractivity contribution in [3.8, 4) is 0 Å². The van der Waals surface area contributed by atoms with Gasteiger partial charge in [-0.15, -0.1) is 0 Å². The molecule has 1 aromatic rings. The van der Waals surface area contributed by atoms with E-state index in [4.69, 9.17) is 11.6 Å². The largest absolute Gasteiger partial charge is 0.394 e. The highest BCUT2D eigenvalue weighted by Crippen LogP contribution is 2.32. The van der Waals surface area contributed by atoms with Gasteiger partial charge in [0.1, 0.15) is 0 Å². The molecule has 110 valence electrons. The van der Waals surface area contributed by atoms with Crippen molar-refractivity contribution in [2.75, 3.05) is 18.1 Å². The topological polar surface area (TPSA) is 35.5 Å². The van der Waals surface area contributed by atoms with Crippen molar-refractivity contribution in [3.05, 3.63) is 28.8 Å². The summed E-state index contributed by atoms with van der Waals surface area (Å²) >= 11 is 6.41. The number of aliphatic hydroxyl groups excluding tert-OH is 1. The molecule has 1 heterocycles. The first-order chi connectivity index (χ1) is 9.69. The molecule has 2 aliphatic rings. The summed E-state index contributed by atoms with van der Waals surface area (Å²) in [4.78, 5) is 2.29. The molecule has 0 spiro atoms. The molecule has 0 bridgehead atoms. The van der Waals surface area contributed by atoms with Crippen molar-refractivity contribution in [1.82, 2.24) is 5.32 Å². The molecule has 0 amide bonds. The van der Waals surface area contributed by atoms with Gasteiger partial charge >= 0.3 is 0 Å². The lowest BCUT2D eigenvalue weighted by atomic mass is 10.0. The van der Waals surface area contributed by atoms with Crippen LogP contribution in [0.4, 0.5) is 5.69 Å². The predicted molar refractivity (Wildman–Crippen MR) is 83.3 cm³/mol. The minimum absolute atomic E-state index is 0.212. The smallest absolute Gasteiger partial charge is 0.0637 e. The maximum Gasteiger partial charge on any atom is 0.0637 e. The number of halogens is 1. The maximum absolute atomic E-state index is 9.56. The van der Waals surface area contributed by atoms with Gasteiger partial charge in [-0.3, -0.25) is 0 Å². The molecule has 4 heteroatoms. The summed E-state index contributed by atoms with van der Waals surface area (Å²) in [6, 6.07) is 7.22. The average Bonchev–Trinajstić information content (AvgIpc) is 3.19. The fourth-order valence-electron chi connectivity index (χ4n) is 3.01. The van der Waals surface area contributed by atoms with Gasteiger partial charge in [0.15, 0.2) is 0 Å². The molecule has 3 nitrogen and oxygen atoms in total. The zero-order chi connectivity index (χ0) is 14.1. The van der Waals surface area contributed by atoms with Crippen molar-refractivity contribution in [3.63, 3.8) is 0 Å². The Hall–Kier alpha value is -0.770. The molecule has 1 saturated heterocycles. The summed E-state index contributed by atoms with van der Waals surface area (Å²) in [7, 11) is 0. The second-order valence-corrected chi connectivity index (χ2v) is 6.55. The Morgan fingerprint density at radius 2 is 2.15 bits per heavy atom. The van der Waals surface area contributed by atoms with Crippen molar-refractivity contribution in [2.45, 2.75) is 44.8 Å². The monoisotopic (exact) mass is 294 g/mol. The van der Waals surface area contributed by atoms with Crippen molar-refractivity contribution >= 4 is 17.3 Å². The highest BCUT2D eigenvalue weighted by Gasteiger charge is 2.30. The Morgan fingerprint density at radius 1 is 1.35 bits per heavy atom. The van der Waals surface area contributed by atoms with Crippen LogP contribution in [0.25, 0.3) is 0 Å².